The summed E-state index contributed by atoms with van der Waals surface area (Å²) in [4.78, 5) is 0.838. The van der Waals surface area contributed by atoms with Gasteiger partial charge in [-0.25, -0.2) is 0 Å². The summed E-state index contributed by atoms with van der Waals surface area (Å²) in [6.07, 6.45) is -9.78. The lowest BCUT2D eigenvalue weighted by Gasteiger charge is -2.23. The summed E-state index contributed by atoms with van der Waals surface area (Å²) in [5.74, 6) is 0.546. The zero-order valence-corrected chi connectivity index (χ0v) is 20.0. The van der Waals surface area contributed by atoms with E-state index in [1.807, 2.05) is 27.7 Å². The maximum absolute atomic E-state index is 13.4. The maximum Gasteiger partial charge on any atom is 0.416 e. The highest BCUT2D eigenvalue weighted by molar-refractivity contribution is 8.00. The quantitative estimate of drug-likeness (QED) is 0.328. The second-order valence-electron chi connectivity index (χ2n) is 8.89. The van der Waals surface area contributed by atoms with E-state index in [1.165, 1.54) is 6.92 Å². The van der Waals surface area contributed by atoms with E-state index >= 15 is 0 Å². The van der Waals surface area contributed by atoms with Gasteiger partial charge >= 0.3 is 12.4 Å². The molecule has 32 heavy (non-hydrogen) atoms. The zero-order valence-electron chi connectivity index (χ0n) is 19.2. The molecule has 0 amide bonds. The van der Waals surface area contributed by atoms with Crippen molar-refractivity contribution in [3.05, 3.63) is 57.6 Å². The van der Waals surface area contributed by atoms with Crippen molar-refractivity contribution in [2.75, 3.05) is 4.72 Å². The Bertz CT molecular complexity index is 929. The van der Waals surface area contributed by atoms with Crippen LogP contribution in [0.1, 0.15) is 92.7 Å². The standard InChI is InChI=1S/C24H29F6NS/c1-12(2)16-8-18(13(3)4)22(19(9-16)14(5)6)32-31-21-11-17(23(25,26)27)10-20(15(21)7)24(28,29)30/h8-14,31H,1-7H3. The summed E-state index contributed by atoms with van der Waals surface area (Å²) in [5, 5.41) is 0. The SMILES string of the molecule is Cc1c(NSc2c(C(C)C)cc(C(C)C)cc2C(C)C)cc(C(F)(F)F)cc1C(F)(F)F. The van der Waals surface area contributed by atoms with E-state index < -0.39 is 23.5 Å². The molecule has 0 saturated heterocycles. The molecular weight excluding hydrogens is 448 g/mol. The number of hydrogen-bond acceptors (Lipinski definition) is 2. The summed E-state index contributed by atoms with van der Waals surface area (Å²) >= 11 is 1.07. The van der Waals surface area contributed by atoms with Gasteiger partial charge in [-0.3, -0.25) is 0 Å². The molecule has 1 nitrogen and oxygen atoms in total. The van der Waals surface area contributed by atoms with E-state index in [0.717, 1.165) is 39.6 Å². The molecule has 2 rings (SSSR count). The Morgan fingerprint density at radius 3 is 1.59 bits per heavy atom. The Labute approximate surface area is 190 Å². The highest BCUT2D eigenvalue weighted by atomic mass is 32.2. The van der Waals surface area contributed by atoms with Crippen LogP contribution in [0.4, 0.5) is 32.0 Å². The highest BCUT2D eigenvalue weighted by Crippen LogP contribution is 2.43. The minimum absolute atomic E-state index is 0.129. The number of benzene rings is 2. The van der Waals surface area contributed by atoms with Crippen molar-refractivity contribution >= 4 is 17.6 Å². The Morgan fingerprint density at radius 2 is 1.22 bits per heavy atom. The third kappa shape index (κ3) is 5.94. The van der Waals surface area contributed by atoms with Crippen LogP contribution in [0.2, 0.25) is 0 Å². The van der Waals surface area contributed by atoms with Crippen molar-refractivity contribution in [2.45, 2.75) is 83.5 Å². The van der Waals surface area contributed by atoms with Crippen molar-refractivity contribution in [2.24, 2.45) is 0 Å². The molecule has 0 aliphatic carbocycles. The third-order valence-corrected chi connectivity index (χ3v) is 6.38. The van der Waals surface area contributed by atoms with Crippen molar-refractivity contribution in [3.8, 4) is 0 Å². The number of alkyl halides is 6. The van der Waals surface area contributed by atoms with Crippen LogP contribution >= 0.6 is 11.9 Å². The van der Waals surface area contributed by atoms with Crippen LogP contribution in [0.15, 0.2) is 29.2 Å². The topological polar surface area (TPSA) is 12.0 Å². The van der Waals surface area contributed by atoms with Gasteiger partial charge < -0.3 is 4.72 Å². The van der Waals surface area contributed by atoms with Gasteiger partial charge in [0.05, 0.1) is 11.1 Å². The average molecular weight is 478 g/mol. The molecule has 0 aliphatic rings. The van der Waals surface area contributed by atoms with E-state index in [2.05, 4.69) is 30.7 Å². The highest BCUT2D eigenvalue weighted by Gasteiger charge is 2.38. The summed E-state index contributed by atoms with van der Waals surface area (Å²) < 4.78 is 82.9. The van der Waals surface area contributed by atoms with Crippen LogP contribution in [-0.2, 0) is 12.4 Å². The summed E-state index contributed by atoms with van der Waals surface area (Å²) in [7, 11) is 0. The van der Waals surface area contributed by atoms with Crippen LogP contribution in [0.3, 0.4) is 0 Å². The zero-order chi connectivity index (χ0) is 24.6. The van der Waals surface area contributed by atoms with Gasteiger partial charge in [0.1, 0.15) is 0 Å². The molecule has 0 fully saturated rings. The molecule has 0 spiro atoms. The molecule has 0 unspecified atom stereocenters. The molecule has 2 aromatic carbocycles. The molecule has 0 saturated carbocycles. The van der Waals surface area contributed by atoms with Crippen molar-refractivity contribution in [1.29, 1.82) is 0 Å². The molecule has 0 aromatic heterocycles. The molecule has 0 bridgehead atoms. The number of rotatable bonds is 6. The Hall–Kier alpha value is -1.83. The molecular formula is C24H29F6NS. The first-order valence-electron chi connectivity index (χ1n) is 10.4. The van der Waals surface area contributed by atoms with Gasteiger partial charge in [-0.15, -0.1) is 0 Å². The molecule has 0 aliphatic heterocycles. The average Bonchev–Trinajstić information content (AvgIpc) is 2.64. The van der Waals surface area contributed by atoms with Gasteiger partial charge in [-0.05, 0) is 71.0 Å². The summed E-state index contributed by atoms with van der Waals surface area (Å²) in [6, 6.07) is 5.06. The molecule has 0 atom stereocenters. The van der Waals surface area contributed by atoms with Crippen molar-refractivity contribution < 1.29 is 26.3 Å². The number of anilines is 1. The number of hydrogen-bond donors (Lipinski definition) is 1. The Balaban J connectivity index is 2.61. The third-order valence-electron chi connectivity index (χ3n) is 5.38. The lowest BCUT2D eigenvalue weighted by molar-refractivity contribution is -0.143. The summed E-state index contributed by atoms with van der Waals surface area (Å²) in [6.45, 7) is 13.4. The first kappa shape index (κ1) is 26.4. The first-order valence-corrected chi connectivity index (χ1v) is 11.2. The van der Waals surface area contributed by atoms with Gasteiger partial charge in [-0.2, -0.15) is 26.3 Å². The lowest BCUT2D eigenvalue weighted by atomic mass is 9.89. The normalized spacial score (nSPS) is 12.9. The minimum Gasteiger partial charge on any atom is -0.325 e. The smallest absolute Gasteiger partial charge is 0.325 e. The molecule has 2 aromatic rings. The molecule has 0 heterocycles. The predicted octanol–water partition coefficient (Wildman–Crippen LogP) is 9.52. The molecule has 0 radical (unpaired) electrons. The Morgan fingerprint density at radius 1 is 0.719 bits per heavy atom. The van der Waals surface area contributed by atoms with Gasteiger partial charge in [0.15, 0.2) is 0 Å². The van der Waals surface area contributed by atoms with Crippen molar-refractivity contribution in [3.63, 3.8) is 0 Å². The van der Waals surface area contributed by atoms with Crippen LogP contribution in [0, 0.1) is 6.92 Å². The second-order valence-corrected chi connectivity index (χ2v) is 9.71. The molecule has 178 valence electrons. The predicted molar refractivity (Wildman–Crippen MR) is 119 cm³/mol. The van der Waals surface area contributed by atoms with Gasteiger partial charge in [0.25, 0.3) is 0 Å². The van der Waals surface area contributed by atoms with Gasteiger partial charge in [-0.1, -0.05) is 53.7 Å². The van der Waals surface area contributed by atoms with Gasteiger partial charge in [0.2, 0.25) is 0 Å². The van der Waals surface area contributed by atoms with E-state index in [9.17, 15) is 26.3 Å². The van der Waals surface area contributed by atoms with Crippen LogP contribution in [0.5, 0.6) is 0 Å². The fraction of sp³-hybridized carbons (Fsp3) is 0.500. The first-order chi connectivity index (χ1) is 14.5. The van der Waals surface area contributed by atoms with E-state index in [-0.39, 0.29) is 35.1 Å². The molecule has 8 heteroatoms. The Kier molecular flexibility index (Phi) is 7.91. The lowest BCUT2D eigenvalue weighted by Crippen LogP contribution is -2.14. The fourth-order valence-electron chi connectivity index (χ4n) is 3.39. The molecule has 1 N–H and O–H groups in total. The van der Waals surface area contributed by atoms with Crippen LogP contribution in [-0.4, -0.2) is 0 Å². The fourth-order valence-corrected chi connectivity index (χ4v) is 4.64. The minimum atomic E-state index is -4.89. The van der Waals surface area contributed by atoms with E-state index in [0.29, 0.717) is 0 Å². The van der Waals surface area contributed by atoms with E-state index in [4.69, 9.17) is 0 Å². The maximum atomic E-state index is 13.4. The van der Waals surface area contributed by atoms with Gasteiger partial charge in [0, 0.05) is 10.6 Å². The number of nitrogens with one attached hydrogen (secondary N) is 1. The van der Waals surface area contributed by atoms with Crippen LogP contribution in [0.25, 0.3) is 0 Å². The second kappa shape index (κ2) is 9.57. The monoisotopic (exact) mass is 477 g/mol. The van der Waals surface area contributed by atoms with E-state index in [1.54, 1.807) is 0 Å². The summed E-state index contributed by atoms with van der Waals surface area (Å²) in [5.41, 5.74) is 0.0802. The largest absolute Gasteiger partial charge is 0.416 e. The number of halogens is 6. The van der Waals surface area contributed by atoms with Crippen LogP contribution < -0.4 is 4.72 Å². The van der Waals surface area contributed by atoms with Crippen molar-refractivity contribution in [1.82, 2.24) is 0 Å².